The van der Waals surface area contributed by atoms with Crippen molar-refractivity contribution in [2.45, 2.75) is 19.6 Å². The first kappa shape index (κ1) is 22.3. The quantitative estimate of drug-likeness (QED) is 0.475. The molecule has 3 rings (SSSR count). The van der Waals surface area contributed by atoms with Crippen molar-refractivity contribution in [2.24, 2.45) is 0 Å². The van der Waals surface area contributed by atoms with Gasteiger partial charge in [-0.25, -0.2) is 4.79 Å². The highest BCUT2D eigenvalue weighted by molar-refractivity contribution is 7.09. The summed E-state index contributed by atoms with van der Waals surface area (Å²) < 4.78 is 5.40. The lowest BCUT2D eigenvalue weighted by atomic mass is 10.1. The summed E-state index contributed by atoms with van der Waals surface area (Å²) in [6, 6.07) is 14.0. The molecule has 0 unspecified atom stereocenters. The van der Waals surface area contributed by atoms with Gasteiger partial charge in [0.2, 0.25) is 5.91 Å². The fourth-order valence-electron chi connectivity index (χ4n) is 2.95. The van der Waals surface area contributed by atoms with Gasteiger partial charge in [0.05, 0.1) is 25.9 Å². The van der Waals surface area contributed by atoms with E-state index in [0.29, 0.717) is 31.0 Å². The van der Waals surface area contributed by atoms with E-state index in [2.05, 4.69) is 16.0 Å². The van der Waals surface area contributed by atoms with E-state index >= 15 is 0 Å². The van der Waals surface area contributed by atoms with Gasteiger partial charge in [0, 0.05) is 24.0 Å². The number of carbonyl (C=O) groups excluding carboxylic acids is 3. The van der Waals surface area contributed by atoms with Crippen LogP contribution >= 0.6 is 11.3 Å². The monoisotopic (exact) mass is 440 g/mol. The first-order chi connectivity index (χ1) is 15.0. The second-order valence-corrected chi connectivity index (χ2v) is 7.84. The van der Waals surface area contributed by atoms with Crippen LogP contribution in [-0.2, 0) is 24.4 Å². The highest BCUT2D eigenvalue weighted by Crippen LogP contribution is 2.12. The predicted octanol–water partition coefficient (Wildman–Crippen LogP) is 2.73. The van der Waals surface area contributed by atoms with Crippen LogP contribution in [0.5, 0.6) is 0 Å². The van der Waals surface area contributed by atoms with Gasteiger partial charge in [0.15, 0.2) is 0 Å². The Labute approximate surface area is 184 Å². The number of amides is 4. The maximum absolute atomic E-state index is 12.4. The molecule has 0 aliphatic rings. The molecule has 0 spiro atoms. The number of rotatable bonds is 9. The average Bonchev–Trinajstić information content (AvgIpc) is 3.46. The van der Waals surface area contributed by atoms with Crippen molar-refractivity contribution in [1.29, 1.82) is 0 Å². The lowest BCUT2D eigenvalue weighted by molar-refractivity contribution is -0.121. The second kappa shape index (κ2) is 11.1. The van der Waals surface area contributed by atoms with Gasteiger partial charge in [-0.15, -0.1) is 11.3 Å². The Kier molecular flexibility index (Phi) is 7.97. The summed E-state index contributed by atoms with van der Waals surface area (Å²) in [7, 11) is 1.58. The molecular formula is C22H24N4O4S. The summed E-state index contributed by atoms with van der Waals surface area (Å²) in [4.78, 5) is 39.0. The first-order valence-electron chi connectivity index (χ1n) is 9.69. The van der Waals surface area contributed by atoms with Gasteiger partial charge in [-0.3, -0.25) is 19.8 Å². The molecule has 2 heterocycles. The number of imide groups is 1. The van der Waals surface area contributed by atoms with Crippen LogP contribution in [0.25, 0.3) is 0 Å². The molecule has 0 radical (unpaired) electrons. The van der Waals surface area contributed by atoms with E-state index < -0.39 is 11.9 Å². The van der Waals surface area contributed by atoms with Crippen molar-refractivity contribution >= 4 is 29.2 Å². The molecule has 162 valence electrons. The molecule has 0 fully saturated rings. The molecule has 3 N–H and O–H groups in total. The number of urea groups is 1. The molecule has 0 atom stereocenters. The summed E-state index contributed by atoms with van der Waals surface area (Å²) in [6.07, 6.45) is 1.57. The van der Waals surface area contributed by atoms with E-state index in [4.69, 9.17) is 4.42 Å². The lowest BCUT2D eigenvalue weighted by Gasteiger charge is -2.21. The summed E-state index contributed by atoms with van der Waals surface area (Å²) in [5, 5.41) is 9.54. The van der Waals surface area contributed by atoms with Crippen LogP contribution < -0.4 is 16.0 Å². The van der Waals surface area contributed by atoms with Crippen LogP contribution in [0.1, 0.15) is 26.6 Å². The minimum atomic E-state index is -0.536. The normalized spacial score (nSPS) is 10.6. The molecule has 31 heavy (non-hydrogen) atoms. The van der Waals surface area contributed by atoms with Gasteiger partial charge >= 0.3 is 6.03 Å². The molecule has 0 saturated heterocycles. The van der Waals surface area contributed by atoms with Crippen LogP contribution in [0.15, 0.2) is 64.6 Å². The number of furan rings is 1. The van der Waals surface area contributed by atoms with Crippen molar-refractivity contribution in [3.63, 3.8) is 0 Å². The van der Waals surface area contributed by atoms with Crippen molar-refractivity contribution in [3.05, 3.63) is 81.9 Å². The third-order valence-corrected chi connectivity index (χ3v) is 5.31. The molecule has 8 nitrogen and oxygen atoms in total. The fraction of sp³-hybridized carbons (Fsp3) is 0.227. The average molecular weight is 441 g/mol. The Hall–Kier alpha value is -3.43. The topological polar surface area (TPSA) is 104 Å². The minimum Gasteiger partial charge on any atom is -0.468 e. The Morgan fingerprint density at radius 3 is 2.48 bits per heavy atom. The lowest BCUT2D eigenvalue weighted by Crippen LogP contribution is -2.44. The summed E-state index contributed by atoms with van der Waals surface area (Å²) in [5.74, 6) is 0.126. The van der Waals surface area contributed by atoms with E-state index in [-0.39, 0.29) is 12.5 Å². The number of nitrogens with zero attached hydrogens (tertiary/aromatic N) is 1. The molecule has 2 aromatic heterocycles. The van der Waals surface area contributed by atoms with Gasteiger partial charge in [-0.05, 0) is 41.3 Å². The van der Waals surface area contributed by atoms with Crippen LogP contribution in [0, 0.1) is 0 Å². The Morgan fingerprint density at radius 2 is 1.84 bits per heavy atom. The van der Waals surface area contributed by atoms with Crippen LogP contribution in [-0.4, -0.2) is 36.3 Å². The SMILES string of the molecule is CNC(=O)c1ccc(CN(CC(=O)NC(=O)NCc2cccs2)Cc2ccco2)cc1. The van der Waals surface area contributed by atoms with Crippen LogP contribution in [0.2, 0.25) is 0 Å². The Bertz CT molecular complexity index is 985. The van der Waals surface area contributed by atoms with Gasteiger partial charge in [0.25, 0.3) is 5.91 Å². The van der Waals surface area contributed by atoms with Crippen molar-refractivity contribution < 1.29 is 18.8 Å². The molecule has 9 heteroatoms. The van der Waals surface area contributed by atoms with Gasteiger partial charge in [0.1, 0.15) is 5.76 Å². The summed E-state index contributed by atoms with van der Waals surface area (Å²) in [5.41, 5.74) is 1.48. The highest BCUT2D eigenvalue weighted by Gasteiger charge is 2.16. The van der Waals surface area contributed by atoms with Gasteiger partial charge < -0.3 is 15.1 Å². The minimum absolute atomic E-state index is 0.00429. The number of thiophene rings is 1. The van der Waals surface area contributed by atoms with E-state index in [0.717, 1.165) is 10.4 Å². The van der Waals surface area contributed by atoms with E-state index in [9.17, 15) is 14.4 Å². The van der Waals surface area contributed by atoms with E-state index in [1.165, 1.54) is 11.3 Å². The zero-order valence-corrected chi connectivity index (χ0v) is 17.9. The number of hydrogen-bond donors (Lipinski definition) is 3. The largest absolute Gasteiger partial charge is 0.468 e. The Balaban J connectivity index is 1.58. The third-order valence-electron chi connectivity index (χ3n) is 4.43. The van der Waals surface area contributed by atoms with Gasteiger partial charge in [-0.2, -0.15) is 0 Å². The third kappa shape index (κ3) is 7.09. The maximum Gasteiger partial charge on any atom is 0.321 e. The van der Waals surface area contributed by atoms with Crippen molar-refractivity contribution in [2.75, 3.05) is 13.6 Å². The molecule has 0 aliphatic carbocycles. The van der Waals surface area contributed by atoms with Gasteiger partial charge in [-0.1, -0.05) is 18.2 Å². The fourth-order valence-corrected chi connectivity index (χ4v) is 3.59. The van der Waals surface area contributed by atoms with E-state index in [1.807, 2.05) is 40.6 Å². The zero-order valence-electron chi connectivity index (χ0n) is 17.1. The molecule has 0 bridgehead atoms. The zero-order chi connectivity index (χ0) is 22.1. The Morgan fingerprint density at radius 1 is 1.03 bits per heavy atom. The molecule has 3 aromatic rings. The highest BCUT2D eigenvalue weighted by atomic mass is 32.1. The molecular weight excluding hydrogens is 416 g/mol. The molecule has 0 aliphatic heterocycles. The number of nitrogens with one attached hydrogen (secondary N) is 3. The van der Waals surface area contributed by atoms with Crippen LogP contribution in [0.3, 0.4) is 0 Å². The van der Waals surface area contributed by atoms with Crippen molar-refractivity contribution in [1.82, 2.24) is 20.9 Å². The number of carbonyl (C=O) groups is 3. The molecule has 0 saturated carbocycles. The smallest absolute Gasteiger partial charge is 0.321 e. The van der Waals surface area contributed by atoms with E-state index in [1.54, 1.807) is 31.5 Å². The molecule has 1 aromatic carbocycles. The number of benzene rings is 1. The standard InChI is InChI=1S/C22H24N4O4S/c1-23-21(28)17-8-6-16(7-9-17)13-26(14-18-4-2-10-30-18)15-20(27)25-22(29)24-12-19-5-3-11-31-19/h2-11H,12-15H2,1H3,(H,23,28)(H2,24,25,27,29). The summed E-state index contributed by atoms with van der Waals surface area (Å²) >= 11 is 1.53. The summed E-state index contributed by atoms with van der Waals surface area (Å²) in [6.45, 7) is 1.21. The van der Waals surface area contributed by atoms with Crippen molar-refractivity contribution in [3.8, 4) is 0 Å². The second-order valence-electron chi connectivity index (χ2n) is 6.81. The predicted molar refractivity (Wildman–Crippen MR) is 117 cm³/mol. The molecule has 4 amide bonds. The van der Waals surface area contributed by atoms with Crippen LogP contribution in [0.4, 0.5) is 4.79 Å². The number of hydrogen-bond acceptors (Lipinski definition) is 6. The first-order valence-corrected chi connectivity index (χ1v) is 10.6. The maximum atomic E-state index is 12.4.